The molecule has 1 aromatic carbocycles. The van der Waals surface area contributed by atoms with E-state index >= 15 is 0 Å². The highest BCUT2D eigenvalue weighted by Gasteiger charge is 2.25. The molecule has 0 saturated carbocycles. The number of hydrogen-bond acceptors (Lipinski definition) is 3. The van der Waals surface area contributed by atoms with Crippen LogP contribution in [-0.4, -0.2) is 30.1 Å². The van der Waals surface area contributed by atoms with E-state index in [1.165, 1.54) is 0 Å². The number of amides is 1. The zero-order chi connectivity index (χ0) is 15.4. The second-order valence-electron chi connectivity index (χ2n) is 5.15. The Kier molecular flexibility index (Phi) is 4.17. The van der Waals surface area contributed by atoms with Gasteiger partial charge < -0.3 is 4.74 Å². The highest BCUT2D eigenvalue weighted by atomic mass is 16.5. The van der Waals surface area contributed by atoms with E-state index in [-0.39, 0.29) is 18.6 Å². The van der Waals surface area contributed by atoms with E-state index in [4.69, 9.17) is 4.74 Å². The monoisotopic (exact) mass is 292 g/mol. The van der Waals surface area contributed by atoms with Crippen LogP contribution in [0.4, 0.5) is 5.82 Å². The first-order valence-corrected chi connectivity index (χ1v) is 7.17. The predicted molar refractivity (Wildman–Crippen MR) is 84.4 cm³/mol. The molecule has 1 aromatic heterocycles. The molecule has 0 aliphatic carbocycles. The lowest BCUT2D eigenvalue weighted by Gasteiger charge is -2.30. The van der Waals surface area contributed by atoms with E-state index in [9.17, 15) is 4.79 Å². The molecule has 4 nitrogen and oxygen atoms in total. The third-order valence-electron chi connectivity index (χ3n) is 3.38. The second-order valence-corrected chi connectivity index (χ2v) is 5.15. The average Bonchev–Trinajstić information content (AvgIpc) is 2.57. The minimum atomic E-state index is -0.0614. The lowest BCUT2D eigenvalue weighted by molar-refractivity contribution is -0.128. The number of benzene rings is 1. The van der Waals surface area contributed by atoms with Crippen LogP contribution in [0.3, 0.4) is 0 Å². The van der Waals surface area contributed by atoms with E-state index < -0.39 is 0 Å². The first-order valence-electron chi connectivity index (χ1n) is 7.17. The highest BCUT2D eigenvalue weighted by molar-refractivity contribution is 5.94. The standard InChI is InChI=1S/C18H16N2O2/c1-14-12-20(18(21)13-22-14)17-10-9-16(11-19-17)8-7-15-5-3-2-4-6-15/h2-6,9-11,14H,12-13H2,1H3/t14-/m1/s1. The molecule has 1 saturated heterocycles. The highest BCUT2D eigenvalue weighted by Crippen LogP contribution is 2.16. The van der Waals surface area contributed by atoms with Gasteiger partial charge in [0.2, 0.25) is 0 Å². The SMILES string of the molecule is C[C@@H]1CN(c2ccc(C#Cc3ccccc3)cn2)C(=O)CO1. The number of hydrogen-bond donors (Lipinski definition) is 0. The van der Waals surface area contributed by atoms with Gasteiger partial charge in [0, 0.05) is 17.3 Å². The number of anilines is 1. The number of ether oxygens (including phenoxy) is 1. The summed E-state index contributed by atoms with van der Waals surface area (Å²) < 4.78 is 5.31. The van der Waals surface area contributed by atoms with Crippen molar-refractivity contribution in [3.63, 3.8) is 0 Å². The van der Waals surface area contributed by atoms with Gasteiger partial charge in [-0.3, -0.25) is 9.69 Å². The molecule has 1 atom stereocenters. The molecule has 2 aromatic rings. The largest absolute Gasteiger partial charge is 0.367 e. The van der Waals surface area contributed by atoms with Gasteiger partial charge in [-0.1, -0.05) is 30.0 Å². The van der Waals surface area contributed by atoms with Crippen LogP contribution >= 0.6 is 0 Å². The predicted octanol–water partition coefficient (Wildman–Crippen LogP) is 2.23. The van der Waals surface area contributed by atoms with Crippen molar-refractivity contribution >= 4 is 11.7 Å². The fourth-order valence-corrected chi connectivity index (χ4v) is 2.21. The Balaban J connectivity index is 1.76. The molecule has 1 amide bonds. The Morgan fingerprint density at radius 3 is 2.64 bits per heavy atom. The second kappa shape index (κ2) is 6.42. The number of nitrogens with zero attached hydrogens (tertiary/aromatic N) is 2. The van der Waals surface area contributed by atoms with Crippen molar-refractivity contribution in [1.82, 2.24) is 4.98 Å². The van der Waals surface area contributed by atoms with Gasteiger partial charge >= 0.3 is 0 Å². The summed E-state index contributed by atoms with van der Waals surface area (Å²) in [6.07, 6.45) is 1.72. The number of pyridine rings is 1. The summed E-state index contributed by atoms with van der Waals surface area (Å²) in [6.45, 7) is 2.58. The van der Waals surface area contributed by atoms with Crippen molar-refractivity contribution in [2.24, 2.45) is 0 Å². The Hall–Kier alpha value is -2.64. The van der Waals surface area contributed by atoms with Crippen molar-refractivity contribution in [2.45, 2.75) is 13.0 Å². The van der Waals surface area contributed by atoms with Gasteiger partial charge in [0.25, 0.3) is 5.91 Å². The molecule has 22 heavy (non-hydrogen) atoms. The molecule has 4 heteroatoms. The number of rotatable bonds is 1. The number of carbonyl (C=O) groups is 1. The minimum absolute atomic E-state index is 0.0250. The fraction of sp³-hybridized carbons (Fsp3) is 0.222. The maximum atomic E-state index is 11.9. The normalized spacial score (nSPS) is 17.8. The fourth-order valence-electron chi connectivity index (χ4n) is 2.21. The molecule has 0 bridgehead atoms. The van der Waals surface area contributed by atoms with Crippen molar-refractivity contribution in [3.05, 3.63) is 59.8 Å². The number of morpholine rings is 1. The maximum Gasteiger partial charge on any atom is 0.254 e. The molecule has 110 valence electrons. The quantitative estimate of drug-likeness (QED) is 0.757. The molecule has 0 radical (unpaired) electrons. The van der Waals surface area contributed by atoms with Gasteiger partial charge in [0.15, 0.2) is 0 Å². The van der Waals surface area contributed by atoms with E-state index in [0.717, 1.165) is 11.1 Å². The van der Waals surface area contributed by atoms with Crippen molar-refractivity contribution in [2.75, 3.05) is 18.1 Å². The van der Waals surface area contributed by atoms with E-state index in [1.807, 2.05) is 49.4 Å². The zero-order valence-electron chi connectivity index (χ0n) is 12.3. The van der Waals surface area contributed by atoms with Gasteiger partial charge in [0.1, 0.15) is 12.4 Å². The lowest BCUT2D eigenvalue weighted by atomic mass is 10.2. The molecule has 1 aliphatic rings. The summed E-state index contributed by atoms with van der Waals surface area (Å²) in [5.41, 5.74) is 1.78. The number of aromatic nitrogens is 1. The average molecular weight is 292 g/mol. The van der Waals surface area contributed by atoms with Gasteiger partial charge in [0.05, 0.1) is 12.6 Å². The first kappa shape index (κ1) is 14.3. The topological polar surface area (TPSA) is 42.4 Å². The van der Waals surface area contributed by atoms with Crippen LogP contribution in [0.25, 0.3) is 0 Å². The van der Waals surface area contributed by atoms with E-state index in [1.54, 1.807) is 11.1 Å². The van der Waals surface area contributed by atoms with E-state index in [2.05, 4.69) is 16.8 Å². The van der Waals surface area contributed by atoms with Crippen molar-refractivity contribution in [1.29, 1.82) is 0 Å². The third-order valence-corrected chi connectivity index (χ3v) is 3.38. The van der Waals surface area contributed by atoms with Crippen LogP contribution in [0, 0.1) is 11.8 Å². The lowest BCUT2D eigenvalue weighted by Crippen LogP contribution is -2.46. The van der Waals surface area contributed by atoms with Gasteiger partial charge in [-0.05, 0) is 31.2 Å². The van der Waals surface area contributed by atoms with Crippen LogP contribution < -0.4 is 4.90 Å². The van der Waals surface area contributed by atoms with Crippen LogP contribution in [0.15, 0.2) is 48.7 Å². The molecular formula is C18H16N2O2. The zero-order valence-corrected chi connectivity index (χ0v) is 12.3. The summed E-state index contributed by atoms with van der Waals surface area (Å²) in [4.78, 5) is 17.9. The molecule has 0 unspecified atom stereocenters. The van der Waals surface area contributed by atoms with Gasteiger partial charge in [-0.2, -0.15) is 0 Å². The summed E-state index contributed by atoms with van der Waals surface area (Å²) in [7, 11) is 0. The van der Waals surface area contributed by atoms with Gasteiger partial charge in [-0.15, -0.1) is 0 Å². The molecule has 1 aliphatic heterocycles. The molecule has 1 fully saturated rings. The Bertz CT molecular complexity index is 714. The van der Waals surface area contributed by atoms with Crippen LogP contribution in [0.1, 0.15) is 18.1 Å². The van der Waals surface area contributed by atoms with Gasteiger partial charge in [-0.25, -0.2) is 4.98 Å². The first-order chi connectivity index (χ1) is 10.7. The van der Waals surface area contributed by atoms with Crippen molar-refractivity contribution in [3.8, 4) is 11.8 Å². The van der Waals surface area contributed by atoms with E-state index in [0.29, 0.717) is 12.4 Å². The summed E-state index contributed by atoms with van der Waals surface area (Å²) in [6, 6.07) is 13.5. The van der Waals surface area contributed by atoms with Crippen molar-refractivity contribution < 1.29 is 9.53 Å². The Morgan fingerprint density at radius 1 is 1.14 bits per heavy atom. The molecule has 0 spiro atoms. The van der Waals surface area contributed by atoms with Crippen LogP contribution in [-0.2, 0) is 9.53 Å². The maximum absolute atomic E-state index is 11.9. The minimum Gasteiger partial charge on any atom is -0.367 e. The molecule has 2 heterocycles. The summed E-state index contributed by atoms with van der Waals surface area (Å²) >= 11 is 0. The molecule has 3 rings (SSSR count). The van der Waals surface area contributed by atoms with Crippen LogP contribution in [0.2, 0.25) is 0 Å². The summed E-state index contributed by atoms with van der Waals surface area (Å²) in [5, 5.41) is 0. The smallest absolute Gasteiger partial charge is 0.254 e. The summed E-state index contributed by atoms with van der Waals surface area (Å²) in [5.74, 6) is 6.74. The number of carbonyl (C=O) groups excluding carboxylic acids is 1. The molecule has 0 N–H and O–H groups in total. The Labute approximate surface area is 129 Å². The van der Waals surface area contributed by atoms with Crippen LogP contribution in [0.5, 0.6) is 0 Å². The third kappa shape index (κ3) is 3.33. The molecular weight excluding hydrogens is 276 g/mol. The Morgan fingerprint density at radius 2 is 1.91 bits per heavy atom.